The van der Waals surface area contributed by atoms with E-state index in [1.807, 2.05) is 99.9 Å². The number of benzene rings is 4. The topological polar surface area (TPSA) is 91.4 Å². The van der Waals surface area contributed by atoms with Gasteiger partial charge in [-0.3, -0.25) is 9.69 Å². The van der Waals surface area contributed by atoms with Crippen molar-refractivity contribution in [1.29, 1.82) is 0 Å². The van der Waals surface area contributed by atoms with Crippen molar-refractivity contribution < 1.29 is 23.9 Å². The van der Waals surface area contributed by atoms with Crippen LogP contribution in [0.25, 0.3) is 22.3 Å². The van der Waals surface area contributed by atoms with E-state index < -0.39 is 5.60 Å². The molecular weight excluding hydrogens is 713 g/mol. The molecule has 0 aliphatic carbocycles. The highest BCUT2D eigenvalue weighted by Crippen LogP contribution is 2.33. The van der Waals surface area contributed by atoms with Gasteiger partial charge in [-0.2, -0.15) is 0 Å². The van der Waals surface area contributed by atoms with Gasteiger partial charge in [0.05, 0.1) is 0 Å². The van der Waals surface area contributed by atoms with Crippen molar-refractivity contribution in [2.24, 2.45) is 23.7 Å². The van der Waals surface area contributed by atoms with E-state index in [4.69, 9.17) is 9.47 Å². The molecule has 4 saturated heterocycles. The molecule has 1 N–H and O–H groups in total. The summed E-state index contributed by atoms with van der Waals surface area (Å²) in [6.45, 7) is 20.0. The Morgan fingerprint density at radius 3 is 1.35 bits per heavy atom. The van der Waals surface area contributed by atoms with Crippen LogP contribution in [0.1, 0.15) is 57.5 Å². The summed E-state index contributed by atoms with van der Waals surface area (Å²) < 4.78 is 10.9. The SMILES string of the molecule is CC(C)(C)OC(=O)N1CC2CN(Cc3ccc(-c4ccccc4)cc3)CC2C1.CC(C)(C)OC(=O)N1CC2CNCC2C1.O=Cc1ccc(-c2ccccc2)cc1. The fraction of sp³-hybridized carbons (Fsp3) is 0.438. The zero-order valence-corrected chi connectivity index (χ0v) is 34.5. The molecule has 4 unspecified atom stereocenters. The van der Waals surface area contributed by atoms with Crippen molar-refractivity contribution in [3.63, 3.8) is 0 Å². The van der Waals surface area contributed by atoms with E-state index in [1.54, 1.807) is 0 Å². The molecule has 0 aromatic heterocycles. The van der Waals surface area contributed by atoms with Gasteiger partial charge < -0.3 is 24.6 Å². The quantitative estimate of drug-likeness (QED) is 0.203. The summed E-state index contributed by atoms with van der Waals surface area (Å²) >= 11 is 0. The predicted molar refractivity (Wildman–Crippen MR) is 227 cm³/mol. The molecular formula is C48H60N4O5. The van der Waals surface area contributed by atoms with Gasteiger partial charge in [-0.15, -0.1) is 0 Å². The molecule has 4 aliphatic rings. The highest BCUT2D eigenvalue weighted by molar-refractivity contribution is 5.77. The van der Waals surface area contributed by atoms with Crippen LogP contribution in [-0.2, 0) is 16.0 Å². The Hall–Kier alpha value is -4.99. The van der Waals surface area contributed by atoms with Gasteiger partial charge in [0.25, 0.3) is 0 Å². The first kappa shape index (κ1) is 41.6. The summed E-state index contributed by atoms with van der Waals surface area (Å²) in [7, 11) is 0. The molecule has 0 saturated carbocycles. The fourth-order valence-electron chi connectivity index (χ4n) is 8.10. The van der Waals surface area contributed by atoms with Gasteiger partial charge >= 0.3 is 12.2 Å². The molecule has 0 radical (unpaired) electrons. The third-order valence-electron chi connectivity index (χ3n) is 10.9. The molecule has 9 heteroatoms. The van der Waals surface area contributed by atoms with Crippen molar-refractivity contribution in [1.82, 2.24) is 20.0 Å². The molecule has 302 valence electrons. The molecule has 0 spiro atoms. The average molecular weight is 773 g/mol. The number of hydrogen-bond acceptors (Lipinski definition) is 7. The van der Waals surface area contributed by atoms with Crippen LogP contribution in [0.3, 0.4) is 0 Å². The minimum Gasteiger partial charge on any atom is -0.444 e. The van der Waals surface area contributed by atoms with E-state index >= 15 is 0 Å². The first-order valence-corrected chi connectivity index (χ1v) is 20.4. The molecule has 4 aromatic rings. The largest absolute Gasteiger partial charge is 0.444 e. The van der Waals surface area contributed by atoms with E-state index in [0.717, 1.165) is 70.8 Å². The lowest BCUT2D eigenvalue weighted by Crippen LogP contribution is -2.37. The van der Waals surface area contributed by atoms with Gasteiger partial charge in [0.2, 0.25) is 0 Å². The molecule has 4 fully saturated rings. The summed E-state index contributed by atoms with van der Waals surface area (Å²) in [6, 6.07) is 37.1. The Morgan fingerprint density at radius 1 is 0.561 bits per heavy atom. The summed E-state index contributed by atoms with van der Waals surface area (Å²) in [6.07, 6.45) is 0.538. The van der Waals surface area contributed by atoms with Gasteiger partial charge in [-0.05, 0) is 93.0 Å². The Balaban J connectivity index is 0.000000159. The number of hydrogen-bond donors (Lipinski definition) is 1. The van der Waals surface area contributed by atoms with Crippen LogP contribution < -0.4 is 5.32 Å². The van der Waals surface area contributed by atoms with Gasteiger partial charge in [-0.25, -0.2) is 9.59 Å². The normalized spacial score (nSPS) is 21.4. The number of aldehydes is 1. The summed E-state index contributed by atoms with van der Waals surface area (Å²) in [5, 5.41) is 3.35. The molecule has 0 bridgehead atoms. The third kappa shape index (κ3) is 12.0. The maximum atomic E-state index is 12.3. The van der Waals surface area contributed by atoms with Crippen LogP contribution in [-0.4, -0.2) is 96.7 Å². The van der Waals surface area contributed by atoms with Crippen LogP contribution in [0.4, 0.5) is 9.59 Å². The molecule has 4 aromatic carbocycles. The second-order valence-corrected chi connectivity index (χ2v) is 17.8. The first-order chi connectivity index (χ1) is 27.2. The van der Waals surface area contributed by atoms with Crippen molar-refractivity contribution in [2.45, 2.75) is 59.3 Å². The van der Waals surface area contributed by atoms with E-state index in [2.05, 4.69) is 70.9 Å². The zero-order chi connectivity index (χ0) is 40.6. The first-order valence-electron chi connectivity index (χ1n) is 20.4. The second-order valence-electron chi connectivity index (χ2n) is 17.8. The number of nitrogens with zero attached hydrogens (tertiary/aromatic N) is 3. The molecule has 2 amide bonds. The smallest absolute Gasteiger partial charge is 0.410 e. The minimum absolute atomic E-state index is 0.156. The number of rotatable bonds is 5. The Kier molecular flexibility index (Phi) is 13.5. The number of nitrogens with one attached hydrogen (secondary N) is 1. The van der Waals surface area contributed by atoms with Crippen LogP contribution in [0.5, 0.6) is 0 Å². The van der Waals surface area contributed by atoms with Crippen molar-refractivity contribution in [3.05, 3.63) is 120 Å². The summed E-state index contributed by atoms with van der Waals surface area (Å²) in [5.41, 5.74) is 6.08. The van der Waals surface area contributed by atoms with E-state index in [1.165, 1.54) is 22.3 Å². The number of carbonyl (C=O) groups is 3. The number of likely N-dealkylation sites (tertiary alicyclic amines) is 3. The summed E-state index contributed by atoms with van der Waals surface area (Å²) in [5.74, 6) is 2.40. The molecule has 9 nitrogen and oxygen atoms in total. The van der Waals surface area contributed by atoms with Crippen LogP contribution >= 0.6 is 0 Å². The lowest BCUT2D eigenvalue weighted by Gasteiger charge is -2.26. The third-order valence-corrected chi connectivity index (χ3v) is 10.9. The zero-order valence-electron chi connectivity index (χ0n) is 34.5. The van der Waals surface area contributed by atoms with Crippen LogP contribution in [0.2, 0.25) is 0 Å². The predicted octanol–water partition coefficient (Wildman–Crippen LogP) is 8.89. The van der Waals surface area contributed by atoms with Crippen molar-refractivity contribution in [3.8, 4) is 22.3 Å². The summed E-state index contributed by atoms with van der Waals surface area (Å²) in [4.78, 5) is 40.8. The number of ether oxygens (including phenoxy) is 2. The number of carbonyl (C=O) groups excluding carboxylic acids is 3. The highest BCUT2D eigenvalue weighted by atomic mass is 16.6. The molecule has 8 rings (SSSR count). The molecule has 4 aliphatic heterocycles. The Labute approximate surface area is 339 Å². The monoisotopic (exact) mass is 772 g/mol. The van der Waals surface area contributed by atoms with E-state index in [-0.39, 0.29) is 17.8 Å². The Morgan fingerprint density at radius 2 is 0.947 bits per heavy atom. The molecule has 57 heavy (non-hydrogen) atoms. The minimum atomic E-state index is -0.424. The standard InChI is InChI=1S/C24H30N2O2.C13H10O.C11H20N2O2/c1-24(2,3)28-23(27)26-16-21-14-25(15-22(21)17-26)13-18-9-11-20(12-10-18)19-7-5-4-6-8-19;14-10-11-6-8-13(9-7-11)12-4-2-1-3-5-12;1-11(2,3)15-10(14)13-6-8-4-12-5-9(8)7-13/h4-12,21-22H,13-17H2,1-3H3;1-10H;8-9,12H,4-7H2,1-3H3. The van der Waals surface area contributed by atoms with Crippen molar-refractivity contribution in [2.75, 3.05) is 52.4 Å². The van der Waals surface area contributed by atoms with E-state index in [0.29, 0.717) is 29.2 Å². The fourth-order valence-corrected chi connectivity index (χ4v) is 8.10. The van der Waals surface area contributed by atoms with Gasteiger partial charge in [0.15, 0.2) is 0 Å². The van der Waals surface area contributed by atoms with Crippen LogP contribution in [0, 0.1) is 23.7 Å². The Bertz CT molecular complexity index is 1880. The van der Waals surface area contributed by atoms with Crippen molar-refractivity contribution >= 4 is 18.5 Å². The lowest BCUT2D eigenvalue weighted by molar-refractivity contribution is 0.0267. The van der Waals surface area contributed by atoms with E-state index in [9.17, 15) is 14.4 Å². The number of fused-ring (bicyclic) bond motifs is 2. The number of amides is 2. The van der Waals surface area contributed by atoms with Crippen LogP contribution in [0.15, 0.2) is 109 Å². The molecule has 4 atom stereocenters. The average Bonchev–Trinajstić information content (AvgIpc) is 3.97. The molecule has 4 heterocycles. The van der Waals surface area contributed by atoms with Gasteiger partial charge in [0, 0.05) is 64.5 Å². The lowest BCUT2D eigenvalue weighted by atomic mass is 10.0. The van der Waals surface area contributed by atoms with Gasteiger partial charge in [-0.1, -0.05) is 109 Å². The second kappa shape index (κ2) is 18.5. The highest BCUT2D eigenvalue weighted by Gasteiger charge is 2.43. The maximum absolute atomic E-state index is 12.3. The van der Waals surface area contributed by atoms with Gasteiger partial charge in [0.1, 0.15) is 17.5 Å². The maximum Gasteiger partial charge on any atom is 0.410 e.